The summed E-state index contributed by atoms with van der Waals surface area (Å²) in [4.78, 5) is 3.18. The summed E-state index contributed by atoms with van der Waals surface area (Å²) in [5, 5.41) is 0.655. The van der Waals surface area contributed by atoms with Crippen LogP contribution in [0, 0.1) is 4.77 Å². The number of aromatic amines is 1. The smallest absolute Gasteiger partial charge is 0.182 e. The predicted octanol–water partition coefficient (Wildman–Crippen LogP) is 5.11. The second-order valence-electron chi connectivity index (χ2n) is 4.24. The maximum Gasteiger partial charge on any atom is 0.182 e. The molecule has 0 aliphatic rings. The molecule has 1 N–H and O–H groups in total. The second-order valence-corrected chi connectivity index (χ2v) is 5.92. The molecule has 3 nitrogen and oxygen atoms in total. The van der Waals surface area contributed by atoms with Crippen molar-refractivity contribution in [3.8, 4) is 11.4 Å². The molecule has 0 saturated heterocycles. The summed E-state index contributed by atoms with van der Waals surface area (Å²) in [7, 11) is 1.64. The van der Waals surface area contributed by atoms with Crippen LogP contribution in [0.3, 0.4) is 0 Å². The fourth-order valence-corrected chi connectivity index (χ4v) is 3.00. The molecule has 0 saturated carbocycles. The van der Waals surface area contributed by atoms with Gasteiger partial charge in [-0.1, -0.05) is 11.6 Å². The normalized spacial score (nSPS) is 10.9. The highest BCUT2D eigenvalue weighted by molar-refractivity contribution is 9.10. The summed E-state index contributed by atoms with van der Waals surface area (Å²) in [6.45, 7) is 0. The molecule has 20 heavy (non-hydrogen) atoms. The number of nitrogens with zero attached hydrogens (tertiary/aromatic N) is 1. The van der Waals surface area contributed by atoms with Crippen LogP contribution in [0.25, 0.3) is 16.7 Å². The Hall–Kier alpha value is -1.30. The van der Waals surface area contributed by atoms with E-state index in [0.717, 1.165) is 26.9 Å². The van der Waals surface area contributed by atoms with Gasteiger partial charge in [0.1, 0.15) is 5.75 Å². The van der Waals surface area contributed by atoms with Crippen LogP contribution in [-0.2, 0) is 0 Å². The number of benzene rings is 2. The molecular weight excluding hydrogens is 360 g/mol. The number of methoxy groups -OCH3 is 1. The van der Waals surface area contributed by atoms with E-state index >= 15 is 0 Å². The Morgan fingerprint density at radius 2 is 2.05 bits per heavy atom. The quantitative estimate of drug-likeness (QED) is 0.636. The summed E-state index contributed by atoms with van der Waals surface area (Å²) in [5.41, 5.74) is 2.78. The van der Waals surface area contributed by atoms with Gasteiger partial charge in [-0.25, -0.2) is 0 Å². The number of halogens is 2. The van der Waals surface area contributed by atoms with Crippen LogP contribution >= 0.6 is 39.7 Å². The van der Waals surface area contributed by atoms with Gasteiger partial charge >= 0.3 is 0 Å². The van der Waals surface area contributed by atoms with Gasteiger partial charge in [-0.3, -0.25) is 4.57 Å². The Balaban J connectivity index is 2.37. The van der Waals surface area contributed by atoms with E-state index < -0.39 is 0 Å². The number of nitrogens with one attached hydrogen (secondary N) is 1. The van der Waals surface area contributed by atoms with Crippen LogP contribution in [0.15, 0.2) is 40.9 Å². The molecule has 3 aromatic rings. The molecule has 0 aliphatic carbocycles. The largest absolute Gasteiger partial charge is 0.497 e. The zero-order valence-corrected chi connectivity index (χ0v) is 13.6. The standard InChI is InChI=1S/C14H10BrClN2OS/c1-19-9-3-5-11-13(7-9)18(14(20)17-11)12-6-8(16)2-4-10(12)15/h2-7H,1H3,(H,17,20). The van der Waals surface area contributed by atoms with Gasteiger partial charge in [0.2, 0.25) is 0 Å². The molecule has 3 rings (SSSR count). The summed E-state index contributed by atoms with van der Waals surface area (Å²) in [6.07, 6.45) is 0. The van der Waals surface area contributed by atoms with E-state index in [1.165, 1.54) is 0 Å². The third-order valence-electron chi connectivity index (χ3n) is 3.04. The SMILES string of the molecule is COc1ccc2[nH]c(=S)n(-c3cc(Cl)ccc3Br)c2c1. The molecule has 0 spiro atoms. The molecule has 0 aliphatic heterocycles. The summed E-state index contributed by atoms with van der Waals surface area (Å²) in [5.74, 6) is 0.776. The van der Waals surface area contributed by atoms with Gasteiger partial charge in [-0.2, -0.15) is 0 Å². The first-order valence-corrected chi connectivity index (χ1v) is 7.42. The lowest BCUT2D eigenvalue weighted by molar-refractivity contribution is 0.415. The third kappa shape index (κ3) is 2.26. The number of rotatable bonds is 2. The molecule has 2 aromatic carbocycles. The Kier molecular flexibility index (Phi) is 3.58. The number of H-pyrrole nitrogens is 1. The maximum absolute atomic E-state index is 6.09. The second kappa shape index (κ2) is 5.24. The molecule has 0 bridgehead atoms. The van der Waals surface area contributed by atoms with Gasteiger partial charge < -0.3 is 9.72 Å². The minimum absolute atomic E-state index is 0.608. The van der Waals surface area contributed by atoms with Crippen LogP contribution < -0.4 is 4.74 Å². The molecule has 102 valence electrons. The van der Waals surface area contributed by atoms with E-state index in [0.29, 0.717) is 9.79 Å². The molecule has 0 unspecified atom stereocenters. The zero-order chi connectivity index (χ0) is 14.3. The summed E-state index contributed by atoms with van der Waals surface area (Å²) >= 11 is 15.0. The van der Waals surface area contributed by atoms with E-state index in [1.54, 1.807) is 7.11 Å². The van der Waals surface area contributed by atoms with Crippen molar-refractivity contribution in [1.82, 2.24) is 9.55 Å². The molecule has 1 heterocycles. The predicted molar refractivity (Wildman–Crippen MR) is 87.7 cm³/mol. The highest BCUT2D eigenvalue weighted by Gasteiger charge is 2.11. The maximum atomic E-state index is 6.09. The molecule has 0 radical (unpaired) electrons. The van der Waals surface area contributed by atoms with Crippen molar-refractivity contribution in [3.05, 3.63) is 50.7 Å². The van der Waals surface area contributed by atoms with Gasteiger partial charge in [0.25, 0.3) is 0 Å². The topological polar surface area (TPSA) is 29.9 Å². The first-order chi connectivity index (χ1) is 9.60. The van der Waals surface area contributed by atoms with Gasteiger partial charge in [0.05, 0.1) is 23.8 Å². The Labute approximate surface area is 134 Å². The van der Waals surface area contributed by atoms with Crippen molar-refractivity contribution in [3.63, 3.8) is 0 Å². The zero-order valence-electron chi connectivity index (χ0n) is 10.5. The highest BCUT2D eigenvalue weighted by Crippen LogP contribution is 2.29. The molecular formula is C14H10BrClN2OS. The van der Waals surface area contributed by atoms with Crippen LogP contribution in [0.1, 0.15) is 0 Å². The van der Waals surface area contributed by atoms with E-state index in [4.69, 9.17) is 28.6 Å². The van der Waals surface area contributed by atoms with Crippen molar-refractivity contribution in [1.29, 1.82) is 0 Å². The van der Waals surface area contributed by atoms with E-state index in [-0.39, 0.29) is 0 Å². The van der Waals surface area contributed by atoms with Gasteiger partial charge in [0.15, 0.2) is 4.77 Å². The van der Waals surface area contributed by atoms with Crippen LogP contribution in [0.4, 0.5) is 0 Å². The van der Waals surface area contributed by atoms with Crippen LogP contribution in [-0.4, -0.2) is 16.7 Å². The van der Waals surface area contributed by atoms with Crippen molar-refractivity contribution in [2.75, 3.05) is 7.11 Å². The lowest BCUT2D eigenvalue weighted by Crippen LogP contribution is -1.95. The number of aromatic nitrogens is 2. The van der Waals surface area contributed by atoms with E-state index in [1.807, 2.05) is 41.0 Å². The lowest BCUT2D eigenvalue weighted by Gasteiger charge is -2.08. The van der Waals surface area contributed by atoms with Gasteiger partial charge in [0, 0.05) is 15.6 Å². The fraction of sp³-hybridized carbons (Fsp3) is 0.0714. The molecule has 6 heteroatoms. The average molecular weight is 370 g/mol. The highest BCUT2D eigenvalue weighted by atomic mass is 79.9. The van der Waals surface area contributed by atoms with Crippen molar-refractivity contribution in [2.45, 2.75) is 0 Å². The van der Waals surface area contributed by atoms with Crippen molar-refractivity contribution in [2.24, 2.45) is 0 Å². The summed E-state index contributed by atoms with van der Waals surface area (Å²) in [6, 6.07) is 11.4. The lowest BCUT2D eigenvalue weighted by atomic mass is 10.2. The number of hydrogen-bond acceptors (Lipinski definition) is 2. The fourth-order valence-electron chi connectivity index (χ4n) is 2.11. The van der Waals surface area contributed by atoms with Crippen molar-refractivity contribution < 1.29 is 4.74 Å². The van der Waals surface area contributed by atoms with E-state index in [2.05, 4.69) is 20.9 Å². The van der Waals surface area contributed by atoms with E-state index in [9.17, 15) is 0 Å². The molecule has 0 atom stereocenters. The molecule has 1 aromatic heterocycles. The first-order valence-electron chi connectivity index (χ1n) is 5.84. The Morgan fingerprint density at radius 3 is 2.80 bits per heavy atom. The third-order valence-corrected chi connectivity index (χ3v) is 4.23. The Morgan fingerprint density at radius 1 is 1.25 bits per heavy atom. The van der Waals surface area contributed by atoms with Gasteiger partial charge in [-0.15, -0.1) is 0 Å². The van der Waals surface area contributed by atoms with Crippen LogP contribution in [0.5, 0.6) is 5.75 Å². The van der Waals surface area contributed by atoms with Gasteiger partial charge in [-0.05, 0) is 58.5 Å². The van der Waals surface area contributed by atoms with Crippen molar-refractivity contribution >= 4 is 50.8 Å². The molecule has 0 fully saturated rings. The summed E-state index contributed by atoms with van der Waals surface area (Å²) < 4.78 is 8.74. The Bertz CT molecular complexity index is 856. The van der Waals surface area contributed by atoms with Crippen LogP contribution in [0.2, 0.25) is 5.02 Å². The monoisotopic (exact) mass is 368 g/mol. The molecule has 0 amide bonds. The average Bonchev–Trinajstić information content (AvgIpc) is 2.76. The number of imidazole rings is 1. The minimum Gasteiger partial charge on any atom is -0.497 e. The number of ether oxygens (including phenoxy) is 1. The first kappa shape index (κ1) is 13.7. The number of hydrogen-bond donors (Lipinski definition) is 1. The minimum atomic E-state index is 0.608. The number of fused-ring (bicyclic) bond motifs is 1.